The molecule has 216 valence electrons. The number of carboxylic acid groups (broad SMARTS) is 2. The van der Waals surface area contributed by atoms with E-state index in [0.29, 0.717) is 42.4 Å². The summed E-state index contributed by atoms with van der Waals surface area (Å²) in [7, 11) is 0. The van der Waals surface area contributed by atoms with Crippen molar-refractivity contribution >= 4 is 41.0 Å². The minimum absolute atomic E-state index is 0. The van der Waals surface area contributed by atoms with Gasteiger partial charge in [0.1, 0.15) is 5.82 Å². The van der Waals surface area contributed by atoms with Crippen molar-refractivity contribution in [2.24, 2.45) is 5.92 Å². The molecule has 5 N–H and O–H groups in total. The Balaban J connectivity index is 0.000000439. The number of aromatic nitrogens is 2. The zero-order chi connectivity index (χ0) is 28.7. The summed E-state index contributed by atoms with van der Waals surface area (Å²) in [6.07, 6.45) is -3.12. The van der Waals surface area contributed by atoms with Crippen LogP contribution in [0.3, 0.4) is 0 Å². The quantitative estimate of drug-likeness (QED) is 0.237. The molecule has 0 spiro atoms. The molecule has 2 heterocycles. The number of fused-ring (bicyclic) bond motifs is 1. The highest BCUT2D eigenvalue weighted by molar-refractivity contribution is 5.97. The average Bonchev–Trinajstić information content (AvgIpc) is 2.92. The predicted octanol–water partition coefficient (Wildman–Crippen LogP) is 0.723. The van der Waals surface area contributed by atoms with E-state index >= 15 is 0 Å². The number of likely N-dealkylation sites (tertiary alicyclic amines) is 1. The number of piperidine rings is 1. The number of benzene rings is 2. The Morgan fingerprint density at radius 1 is 0.900 bits per heavy atom. The smallest absolute Gasteiger partial charge is 0.335 e. The molecular weight excluding hydrogens is 553 g/mol. The number of nitrogens with one attached hydrogen (secondary N) is 1. The van der Waals surface area contributed by atoms with Crippen LogP contribution in [0.2, 0.25) is 0 Å². The molecule has 0 aliphatic carbocycles. The van der Waals surface area contributed by atoms with Crippen LogP contribution < -0.4 is 11.2 Å². The Hall–Kier alpha value is -3.91. The van der Waals surface area contributed by atoms with Crippen molar-refractivity contribution in [2.75, 3.05) is 19.6 Å². The zero-order valence-electron chi connectivity index (χ0n) is 21.1. The molecule has 1 aliphatic heterocycles. The van der Waals surface area contributed by atoms with Crippen LogP contribution in [0, 0.1) is 11.7 Å². The van der Waals surface area contributed by atoms with Gasteiger partial charge in [0.2, 0.25) is 0 Å². The van der Waals surface area contributed by atoms with Gasteiger partial charge in [-0.05, 0) is 62.3 Å². The second-order valence-electron chi connectivity index (χ2n) is 8.99. The molecule has 0 amide bonds. The van der Waals surface area contributed by atoms with Crippen LogP contribution in [-0.2, 0) is 16.1 Å². The lowest BCUT2D eigenvalue weighted by Gasteiger charge is -2.31. The predicted molar refractivity (Wildman–Crippen MR) is 143 cm³/mol. The molecule has 1 aromatic heterocycles. The standard InChI is InChI=1S/C22H22FN3O3.C4H6O6.ClH/c23-17-7-5-15(6-8-17)20(27)16-9-11-25(12-10-16)13-14-26-21(28)18-3-1-2-4-19(18)24-22(26)29;5-1(3(7)8)2(6)4(9)10;/h1-8,16H,9-14H2,(H,24,29);1-2,5-6H,(H,7,8)(H,9,10);1H. The van der Waals surface area contributed by atoms with E-state index in [0.717, 1.165) is 13.1 Å². The second kappa shape index (κ2) is 14.5. The molecule has 4 rings (SSSR count). The first kappa shape index (κ1) is 32.3. The number of ketones is 1. The summed E-state index contributed by atoms with van der Waals surface area (Å²) in [5.41, 5.74) is 0.388. The van der Waals surface area contributed by atoms with E-state index in [1.807, 2.05) is 0 Å². The van der Waals surface area contributed by atoms with E-state index in [2.05, 4.69) is 9.88 Å². The van der Waals surface area contributed by atoms with Crippen LogP contribution in [0.1, 0.15) is 23.2 Å². The third kappa shape index (κ3) is 8.05. The summed E-state index contributed by atoms with van der Waals surface area (Å²) in [4.78, 5) is 61.9. The van der Waals surface area contributed by atoms with Crippen molar-refractivity contribution in [2.45, 2.75) is 31.6 Å². The number of aliphatic hydroxyl groups excluding tert-OH is 2. The van der Waals surface area contributed by atoms with E-state index in [4.69, 9.17) is 20.4 Å². The number of carbonyl (C=O) groups excluding carboxylic acids is 1. The van der Waals surface area contributed by atoms with E-state index in [9.17, 15) is 28.4 Å². The molecule has 1 fully saturated rings. The molecule has 2 unspecified atom stereocenters. The van der Waals surface area contributed by atoms with Crippen molar-refractivity contribution in [1.82, 2.24) is 14.5 Å². The molecule has 14 heteroatoms. The molecule has 1 saturated heterocycles. The fourth-order valence-corrected chi connectivity index (χ4v) is 4.18. The van der Waals surface area contributed by atoms with E-state index < -0.39 is 29.8 Å². The summed E-state index contributed by atoms with van der Waals surface area (Å²) in [6.45, 7) is 2.31. The topological polar surface area (TPSA) is 190 Å². The Labute approximate surface area is 232 Å². The minimum atomic E-state index is -2.27. The third-order valence-corrected chi connectivity index (χ3v) is 6.42. The summed E-state index contributed by atoms with van der Waals surface area (Å²) >= 11 is 0. The minimum Gasteiger partial charge on any atom is -0.479 e. The Morgan fingerprint density at radius 3 is 2.00 bits per heavy atom. The summed E-state index contributed by atoms with van der Waals surface area (Å²) in [6, 6.07) is 12.6. The largest absolute Gasteiger partial charge is 0.479 e. The van der Waals surface area contributed by atoms with Gasteiger partial charge in [0.25, 0.3) is 5.56 Å². The monoisotopic (exact) mass is 581 g/mol. The number of aliphatic hydroxyl groups is 2. The Kier molecular flexibility index (Phi) is 11.7. The van der Waals surface area contributed by atoms with Crippen LogP contribution >= 0.6 is 12.4 Å². The van der Waals surface area contributed by atoms with Gasteiger partial charge in [0.05, 0.1) is 10.9 Å². The molecular formula is C26H29ClFN3O9. The van der Waals surface area contributed by atoms with Crippen molar-refractivity contribution < 1.29 is 39.2 Å². The number of carboxylic acids is 2. The number of halogens is 2. The number of Topliss-reactive ketones (excluding diaryl/α,β-unsaturated/α-hetero) is 1. The first-order valence-electron chi connectivity index (χ1n) is 12.0. The van der Waals surface area contributed by atoms with Gasteiger partial charge in [-0.1, -0.05) is 12.1 Å². The first-order valence-corrected chi connectivity index (χ1v) is 12.0. The lowest BCUT2D eigenvalue weighted by molar-refractivity contribution is -0.165. The van der Waals surface area contributed by atoms with E-state index in [-0.39, 0.29) is 35.5 Å². The van der Waals surface area contributed by atoms with Crippen LogP contribution in [0.4, 0.5) is 4.39 Å². The molecule has 40 heavy (non-hydrogen) atoms. The van der Waals surface area contributed by atoms with Crippen LogP contribution in [-0.4, -0.2) is 84.4 Å². The number of aromatic amines is 1. The summed E-state index contributed by atoms with van der Waals surface area (Å²) in [5, 5.41) is 33.0. The highest BCUT2D eigenvalue weighted by Crippen LogP contribution is 2.22. The lowest BCUT2D eigenvalue weighted by Crippen LogP contribution is -2.42. The van der Waals surface area contributed by atoms with Crippen molar-refractivity contribution in [3.63, 3.8) is 0 Å². The van der Waals surface area contributed by atoms with Gasteiger partial charge >= 0.3 is 17.6 Å². The van der Waals surface area contributed by atoms with Gasteiger partial charge in [-0.3, -0.25) is 14.2 Å². The number of aliphatic carboxylic acids is 2. The fraction of sp³-hybridized carbons (Fsp3) is 0.346. The molecule has 3 aromatic rings. The Morgan fingerprint density at radius 2 is 1.45 bits per heavy atom. The van der Waals surface area contributed by atoms with Gasteiger partial charge in [-0.2, -0.15) is 0 Å². The number of rotatable bonds is 8. The summed E-state index contributed by atoms with van der Waals surface area (Å²) < 4.78 is 14.3. The van der Waals surface area contributed by atoms with Crippen LogP contribution in [0.15, 0.2) is 58.1 Å². The van der Waals surface area contributed by atoms with Crippen molar-refractivity contribution in [3.05, 3.63) is 80.7 Å². The number of hydrogen-bond donors (Lipinski definition) is 5. The number of nitrogens with zero attached hydrogens (tertiary/aromatic N) is 2. The number of para-hydroxylation sites is 1. The van der Waals surface area contributed by atoms with Crippen LogP contribution in [0.5, 0.6) is 0 Å². The van der Waals surface area contributed by atoms with Crippen molar-refractivity contribution in [3.8, 4) is 0 Å². The summed E-state index contributed by atoms with van der Waals surface area (Å²) in [5.74, 6) is -3.92. The fourth-order valence-electron chi connectivity index (χ4n) is 4.18. The van der Waals surface area contributed by atoms with Gasteiger partial charge in [-0.15, -0.1) is 12.4 Å². The molecule has 2 atom stereocenters. The normalized spacial score (nSPS) is 15.3. The second-order valence-corrected chi connectivity index (χ2v) is 8.99. The molecule has 0 bridgehead atoms. The highest BCUT2D eigenvalue weighted by atomic mass is 35.5. The molecule has 1 aliphatic rings. The Bertz CT molecular complexity index is 1430. The maximum atomic E-state index is 13.0. The van der Waals surface area contributed by atoms with Crippen molar-refractivity contribution in [1.29, 1.82) is 0 Å². The number of hydrogen-bond acceptors (Lipinski definition) is 8. The maximum absolute atomic E-state index is 13.0. The van der Waals surface area contributed by atoms with Gasteiger partial charge < -0.3 is 30.3 Å². The SMILES string of the molecule is Cl.O=C(O)C(O)C(O)C(=O)O.O=C(c1ccc(F)cc1)C1CCN(CCn2c(=O)[nH]c3ccccc3c2=O)CC1. The molecule has 0 saturated carbocycles. The first-order chi connectivity index (χ1) is 18.5. The zero-order valence-corrected chi connectivity index (χ0v) is 21.9. The number of carbonyl (C=O) groups is 3. The molecule has 0 radical (unpaired) electrons. The van der Waals surface area contributed by atoms with Gasteiger partial charge in [-0.25, -0.2) is 18.8 Å². The molecule has 2 aromatic carbocycles. The maximum Gasteiger partial charge on any atom is 0.335 e. The lowest BCUT2D eigenvalue weighted by atomic mass is 9.89. The number of H-pyrrole nitrogens is 1. The highest BCUT2D eigenvalue weighted by Gasteiger charge is 2.29. The van der Waals surface area contributed by atoms with E-state index in [1.54, 1.807) is 24.3 Å². The van der Waals surface area contributed by atoms with Gasteiger partial charge in [0.15, 0.2) is 18.0 Å². The van der Waals surface area contributed by atoms with Crippen LogP contribution in [0.25, 0.3) is 10.9 Å². The average molecular weight is 582 g/mol. The third-order valence-electron chi connectivity index (χ3n) is 6.42. The molecule has 12 nitrogen and oxygen atoms in total. The van der Waals surface area contributed by atoms with Gasteiger partial charge in [0, 0.05) is 24.6 Å². The van der Waals surface area contributed by atoms with E-state index in [1.165, 1.54) is 28.8 Å².